The van der Waals surface area contributed by atoms with Gasteiger partial charge in [-0.3, -0.25) is 9.69 Å². The molecule has 1 heterocycles. The van der Waals surface area contributed by atoms with Crippen LogP contribution in [0.4, 0.5) is 5.69 Å². The number of hydrogen-bond donors (Lipinski definition) is 2. The van der Waals surface area contributed by atoms with E-state index in [0.29, 0.717) is 0 Å². The molecule has 0 atom stereocenters. The highest BCUT2D eigenvalue weighted by Gasteiger charge is 2.26. The number of piperidine rings is 1. The van der Waals surface area contributed by atoms with Crippen molar-refractivity contribution in [2.24, 2.45) is 0 Å². The summed E-state index contributed by atoms with van der Waals surface area (Å²) in [5.41, 5.74) is 5.96. The highest BCUT2D eigenvalue weighted by Crippen LogP contribution is 2.22. The van der Waals surface area contributed by atoms with Crippen molar-refractivity contribution in [2.45, 2.75) is 45.3 Å². The Balaban J connectivity index is 0.00000342. The maximum absolute atomic E-state index is 12.3. The minimum atomic E-state index is -0.528. The quantitative estimate of drug-likeness (QED) is 0.476. The van der Waals surface area contributed by atoms with E-state index in [-0.39, 0.29) is 18.3 Å². The molecular weight excluding hydrogens is 456 g/mol. The third-order valence-electron chi connectivity index (χ3n) is 6.35. The zero-order valence-electron chi connectivity index (χ0n) is 20.4. The summed E-state index contributed by atoms with van der Waals surface area (Å²) < 4.78 is 0. The smallest absolute Gasteiger partial charge is 0.300 e. The summed E-state index contributed by atoms with van der Waals surface area (Å²) in [6.45, 7) is 6.67. The number of anilines is 1. The van der Waals surface area contributed by atoms with E-state index in [1.807, 2.05) is 43.3 Å². The number of carbonyl (C=O) groups excluding carboxylic acids is 1. The number of carbonyl (C=O) groups is 1. The standard InChI is InChI=1S/C30H32N2O2.ClH/c1-23-3-5-25(6-4-23)21-26-11-14-28(15-12-26)31-29(33)16-13-24-7-9-27(10-8-24)22-32-19-17-30(2,34)18-20-32;/h3-12,14-15,34H,17-22H2,1-2H3,(H,31,33);1H. The van der Waals surface area contributed by atoms with Crippen LogP contribution in [0.15, 0.2) is 72.8 Å². The Morgan fingerprint density at radius 3 is 2.06 bits per heavy atom. The molecular formula is C30H33ClN2O2. The lowest BCUT2D eigenvalue weighted by atomic mass is 9.93. The molecule has 0 saturated carbocycles. The SMILES string of the molecule is Cc1ccc(Cc2ccc(NC(=O)C#Cc3ccc(CN4CCC(C)(O)CC4)cc3)cc2)cc1.Cl. The maximum atomic E-state index is 12.3. The predicted molar refractivity (Wildman–Crippen MR) is 145 cm³/mol. The highest BCUT2D eigenvalue weighted by atomic mass is 35.5. The minimum Gasteiger partial charge on any atom is -0.390 e. The van der Waals surface area contributed by atoms with Gasteiger partial charge >= 0.3 is 5.91 Å². The normalized spacial score (nSPS) is 14.8. The second-order valence-corrected chi connectivity index (χ2v) is 9.53. The molecule has 4 rings (SSSR count). The van der Waals surface area contributed by atoms with E-state index in [0.717, 1.165) is 50.1 Å². The molecule has 5 heteroatoms. The van der Waals surface area contributed by atoms with Crippen molar-refractivity contribution >= 4 is 24.0 Å². The first kappa shape index (κ1) is 26.5. The van der Waals surface area contributed by atoms with Crippen molar-refractivity contribution in [2.75, 3.05) is 18.4 Å². The molecule has 182 valence electrons. The third kappa shape index (κ3) is 8.26. The summed E-state index contributed by atoms with van der Waals surface area (Å²) in [4.78, 5) is 14.6. The van der Waals surface area contributed by atoms with Gasteiger partial charge in [0, 0.05) is 36.8 Å². The van der Waals surface area contributed by atoms with Crippen LogP contribution < -0.4 is 5.32 Å². The van der Waals surface area contributed by atoms with Crippen LogP contribution >= 0.6 is 12.4 Å². The summed E-state index contributed by atoms with van der Waals surface area (Å²) >= 11 is 0. The van der Waals surface area contributed by atoms with Gasteiger partial charge in [0.1, 0.15) is 0 Å². The fraction of sp³-hybridized carbons (Fsp3) is 0.300. The fourth-order valence-corrected chi connectivity index (χ4v) is 4.08. The largest absolute Gasteiger partial charge is 0.390 e. The number of amides is 1. The van der Waals surface area contributed by atoms with Crippen LogP contribution in [0, 0.1) is 18.8 Å². The number of likely N-dealkylation sites (tertiary alicyclic amines) is 1. The Kier molecular flexibility index (Phi) is 9.12. The van der Waals surface area contributed by atoms with Crippen LogP contribution in [0.25, 0.3) is 0 Å². The summed E-state index contributed by atoms with van der Waals surface area (Å²) in [5, 5.41) is 12.9. The molecule has 4 nitrogen and oxygen atoms in total. The van der Waals surface area contributed by atoms with Gasteiger partial charge in [-0.1, -0.05) is 60.0 Å². The first-order chi connectivity index (χ1) is 16.3. The van der Waals surface area contributed by atoms with Crippen LogP contribution in [0.2, 0.25) is 0 Å². The predicted octanol–water partition coefficient (Wildman–Crippen LogP) is 5.34. The van der Waals surface area contributed by atoms with E-state index >= 15 is 0 Å². The van der Waals surface area contributed by atoms with Gasteiger partial charge < -0.3 is 10.4 Å². The zero-order valence-corrected chi connectivity index (χ0v) is 21.2. The van der Waals surface area contributed by atoms with E-state index in [9.17, 15) is 9.90 Å². The summed E-state index contributed by atoms with van der Waals surface area (Å²) in [6.07, 6.45) is 2.48. The van der Waals surface area contributed by atoms with E-state index < -0.39 is 5.60 Å². The molecule has 0 unspecified atom stereocenters. The second-order valence-electron chi connectivity index (χ2n) is 9.53. The number of nitrogens with one attached hydrogen (secondary N) is 1. The van der Waals surface area contributed by atoms with Crippen LogP contribution in [0.1, 0.15) is 47.6 Å². The molecule has 1 amide bonds. The van der Waals surface area contributed by atoms with Crippen molar-refractivity contribution in [1.82, 2.24) is 4.90 Å². The number of nitrogens with zero attached hydrogens (tertiary/aromatic N) is 1. The molecule has 1 aliphatic heterocycles. The topological polar surface area (TPSA) is 52.6 Å². The van der Waals surface area contributed by atoms with Gasteiger partial charge in [-0.25, -0.2) is 0 Å². The molecule has 1 aliphatic rings. The summed E-state index contributed by atoms with van der Waals surface area (Å²) in [6, 6.07) is 24.5. The van der Waals surface area contributed by atoms with Gasteiger partial charge in [0.05, 0.1) is 5.60 Å². The lowest BCUT2D eigenvalue weighted by Gasteiger charge is -2.35. The summed E-state index contributed by atoms with van der Waals surface area (Å²) in [7, 11) is 0. The Morgan fingerprint density at radius 1 is 0.914 bits per heavy atom. The second kappa shape index (κ2) is 12.0. The third-order valence-corrected chi connectivity index (χ3v) is 6.35. The van der Waals surface area contributed by atoms with Gasteiger partial charge in [-0.2, -0.15) is 0 Å². The van der Waals surface area contributed by atoms with E-state index in [4.69, 9.17) is 0 Å². The fourth-order valence-electron chi connectivity index (χ4n) is 4.08. The number of rotatable bonds is 5. The molecule has 0 radical (unpaired) electrons. The Morgan fingerprint density at radius 2 is 1.46 bits per heavy atom. The lowest BCUT2D eigenvalue weighted by Crippen LogP contribution is -2.41. The van der Waals surface area contributed by atoms with Crippen molar-refractivity contribution in [3.8, 4) is 11.8 Å². The molecule has 0 aromatic heterocycles. The molecule has 35 heavy (non-hydrogen) atoms. The molecule has 2 N–H and O–H groups in total. The van der Waals surface area contributed by atoms with Crippen molar-refractivity contribution in [1.29, 1.82) is 0 Å². The molecule has 3 aromatic rings. The molecule has 0 spiro atoms. The molecule has 1 fully saturated rings. The van der Waals surface area contributed by atoms with Crippen molar-refractivity contribution in [3.63, 3.8) is 0 Å². The first-order valence-corrected chi connectivity index (χ1v) is 11.9. The number of aryl methyl sites for hydroxylation is 1. The van der Waals surface area contributed by atoms with Crippen LogP contribution in [0.5, 0.6) is 0 Å². The number of aliphatic hydroxyl groups is 1. The highest BCUT2D eigenvalue weighted by molar-refractivity contribution is 6.04. The average Bonchev–Trinajstić information content (AvgIpc) is 2.83. The molecule has 0 bridgehead atoms. The van der Waals surface area contributed by atoms with Gasteiger partial charge in [0.2, 0.25) is 0 Å². The van der Waals surface area contributed by atoms with Crippen LogP contribution in [0.3, 0.4) is 0 Å². The van der Waals surface area contributed by atoms with Crippen LogP contribution in [-0.4, -0.2) is 34.6 Å². The number of halogens is 1. The zero-order chi connectivity index (χ0) is 24.0. The Hall–Kier alpha value is -3.10. The van der Waals surface area contributed by atoms with Gasteiger partial charge in [-0.05, 0) is 74.1 Å². The summed E-state index contributed by atoms with van der Waals surface area (Å²) in [5.74, 6) is 5.30. The van der Waals surface area contributed by atoms with Gasteiger partial charge in [-0.15, -0.1) is 12.4 Å². The van der Waals surface area contributed by atoms with Crippen molar-refractivity contribution < 1.29 is 9.90 Å². The first-order valence-electron chi connectivity index (χ1n) is 11.9. The van der Waals surface area contributed by atoms with Gasteiger partial charge in [0.15, 0.2) is 0 Å². The average molecular weight is 489 g/mol. The Labute approximate surface area is 214 Å². The van der Waals surface area contributed by atoms with Crippen molar-refractivity contribution in [3.05, 3.63) is 101 Å². The van der Waals surface area contributed by atoms with E-state index in [1.54, 1.807) is 0 Å². The Bertz CT molecular complexity index is 1160. The van der Waals surface area contributed by atoms with Gasteiger partial charge in [0.25, 0.3) is 0 Å². The van der Waals surface area contributed by atoms with E-state index in [2.05, 4.69) is 65.4 Å². The monoisotopic (exact) mass is 488 g/mol. The molecule has 0 aliphatic carbocycles. The maximum Gasteiger partial charge on any atom is 0.300 e. The molecule has 1 saturated heterocycles. The number of benzene rings is 3. The minimum absolute atomic E-state index is 0. The molecule has 3 aromatic carbocycles. The van der Waals surface area contributed by atoms with Crippen LogP contribution in [-0.2, 0) is 17.8 Å². The lowest BCUT2D eigenvalue weighted by molar-refractivity contribution is -0.111. The number of hydrogen-bond acceptors (Lipinski definition) is 3. The van der Waals surface area contributed by atoms with E-state index in [1.165, 1.54) is 22.3 Å².